The Kier molecular flexibility index (Phi) is 6.00. The number of methoxy groups -OCH3 is 1. The van der Waals surface area contributed by atoms with Crippen molar-refractivity contribution in [2.75, 3.05) is 7.11 Å². The second-order valence-electron chi connectivity index (χ2n) is 6.69. The lowest BCUT2D eigenvalue weighted by atomic mass is 10.1. The second kappa shape index (κ2) is 9.02. The largest absolute Gasteiger partial charge is 0.497 e. The van der Waals surface area contributed by atoms with Crippen molar-refractivity contribution in [2.45, 2.75) is 6.61 Å². The van der Waals surface area contributed by atoms with Crippen molar-refractivity contribution >= 4 is 17.5 Å². The molecule has 0 bridgehead atoms. The zero-order valence-electron chi connectivity index (χ0n) is 16.6. The number of carbonyl (C=O) groups is 1. The SMILES string of the molecule is COc1ccc(C(=O)n2ccc(-c3ccc(OCc4c(F)cccc4Cl)cc3)n2)cc1. The van der Waals surface area contributed by atoms with E-state index in [-0.39, 0.29) is 12.5 Å². The standard InChI is InChI=1S/C24H18ClFN2O3/c1-30-18-9-7-17(8-10-18)24(29)28-14-13-23(27-28)16-5-11-19(12-6-16)31-15-20-21(25)3-2-4-22(20)26/h2-14H,15H2,1H3. The van der Waals surface area contributed by atoms with E-state index in [9.17, 15) is 9.18 Å². The van der Waals surface area contributed by atoms with Crippen LogP contribution in [0.2, 0.25) is 5.02 Å². The van der Waals surface area contributed by atoms with Crippen LogP contribution in [-0.2, 0) is 6.61 Å². The molecule has 0 aliphatic rings. The molecule has 5 nitrogen and oxygen atoms in total. The minimum absolute atomic E-state index is 0.0237. The van der Waals surface area contributed by atoms with Crippen LogP contribution >= 0.6 is 11.6 Å². The summed E-state index contributed by atoms with van der Waals surface area (Å²) in [4.78, 5) is 12.6. The average Bonchev–Trinajstić information content (AvgIpc) is 3.29. The summed E-state index contributed by atoms with van der Waals surface area (Å²) in [5.41, 5.74) is 2.28. The highest BCUT2D eigenvalue weighted by Gasteiger charge is 2.12. The van der Waals surface area contributed by atoms with Gasteiger partial charge in [0.05, 0.1) is 17.8 Å². The van der Waals surface area contributed by atoms with Crippen LogP contribution in [0.4, 0.5) is 4.39 Å². The summed E-state index contributed by atoms with van der Waals surface area (Å²) in [5.74, 6) is 0.598. The summed E-state index contributed by atoms with van der Waals surface area (Å²) in [7, 11) is 1.57. The Morgan fingerprint density at radius 2 is 1.71 bits per heavy atom. The summed E-state index contributed by atoms with van der Waals surface area (Å²) < 4.78 is 25.9. The van der Waals surface area contributed by atoms with Gasteiger partial charge in [0.1, 0.15) is 23.9 Å². The molecular formula is C24H18ClFN2O3. The number of hydrogen-bond acceptors (Lipinski definition) is 4. The summed E-state index contributed by atoms with van der Waals surface area (Å²) >= 11 is 6.02. The molecule has 0 N–H and O–H groups in total. The Morgan fingerprint density at radius 3 is 2.39 bits per heavy atom. The highest BCUT2D eigenvalue weighted by Crippen LogP contribution is 2.24. The van der Waals surface area contributed by atoms with Gasteiger partial charge in [-0.15, -0.1) is 0 Å². The normalized spacial score (nSPS) is 10.7. The van der Waals surface area contributed by atoms with Gasteiger partial charge in [-0.3, -0.25) is 4.79 Å². The topological polar surface area (TPSA) is 53.4 Å². The molecule has 0 amide bonds. The minimum Gasteiger partial charge on any atom is -0.497 e. The van der Waals surface area contributed by atoms with Crippen LogP contribution in [0.15, 0.2) is 79.0 Å². The second-order valence-corrected chi connectivity index (χ2v) is 7.10. The third-order valence-electron chi connectivity index (χ3n) is 4.73. The quantitative estimate of drug-likeness (QED) is 0.393. The fourth-order valence-electron chi connectivity index (χ4n) is 3.00. The molecule has 0 radical (unpaired) electrons. The number of hydrogen-bond donors (Lipinski definition) is 0. The van der Waals surface area contributed by atoms with Crippen LogP contribution in [0.1, 0.15) is 15.9 Å². The maximum absolute atomic E-state index is 13.9. The zero-order chi connectivity index (χ0) is 21.8. The number of carbonyl (C=O) groups excluding carboxylic acids is 1. The van der Waals surface area contributed by atoms with Crippen LogP contribution in [0.5, 0.6) is 11.5 Å². The Morgan fingerprint density at radius 1 is 1.00 bits per heavy atom. The number of halogens is 2. The Balaban J connectivity index is 1.44. The van der Waals surface area contributed by atoms with Crippen LogP contribution in [0.25, 0.3) is 11.3 Å². The van der Waals surface area contributed by atoms with Crippen LogP contribution in [-0.4, -0.2) is 22.8 Å². The molecule has 4 rings (SSSR count). The van der Waals surface area contributed by atoms with Crippen molar-refractivity contribution in [1.82, 2.24) is 9.78 Å². The molecule has 0 spiro atoms. The van der Waals surface area contributed by atoms with Crippen molar-refractivity contribution in [2.24, 2.45) is 0 Å². The number of rotatable bonds is 6. The summed E-state index contributed by atoms with van der Waals surface area (Å²) in [6.45, 7) is 0.0237. The third kappa shape index (κ3) is 4.59. The Labute approximate surface area is 183 Å². The molecule has 0 saturated heterocycles. The average molecular weight is 437 g/mol. The van der Waals surface area contributed by atoms with E-state index in [4.69, 9.17) is 21.1 Å². The summed E-state index contributed by atoms with van der Waals surface area (Å²) in [6, 6.07) is 20.3. The van der Waals surface area contributed by atoms with E-state index in [0.29, 0.717) is 33.3 Å². The van der Waals surface area contributed by atoms with Crippen LogP contribution in [0.3, 0.4) is 0 Å². The summed E-state index contributed by atoms with van der Waals surface area (Å²) in [6.07, 6.45) is 1.62. The first kappa shape index (κ1) is 20.6. The maximum atomic E-state index is 13.9. The molecule has 0 fully saturated rings. The third-order valence-corrected chi connectivity index (χ3v) is 5.08. The first-order valence-electron chi connectivity index (χ1n) is 9.45. The number of ether oxygens (including phenoxy) is 2. The number of benzene rings is 3. The smallest absolute Gasteiger partial charge is 0.278 e. The number of nitrogens with zero attached hydrogens (tertiary/aromatic N) is 2. The predicted molar refractivity (Wildman–Crippen MR) is 116 cm³/mol. The van der Waals surface area contributed by atoms with Gasteiger partial charge in [0, 0.05) is 22.9 Å². The molecule has 1 aromatic heterocycles. The van der Waals surface area contributed by atoms with E-state index >= 15 is 0 Å². The molecule has 0 unspecified atom stereocenters. The van der Waals surface area contributed by atoms with Gasteiger partial charge in [0.25, 0.3) is 5.91 Å². The zero-order valence-corrected chi connectivity index (χ0v) is 17.3. The van der Waals surface area contributed by atoms with E-state index in [0.717, 1.165) is 5.56 Å². The fraction of sp³-hybridized carbons (Fsp3) is 0.0833. The van der Waals surface area contributed by atoms with E-state index in [1.807, 2.05) is 12.1 Å². The van der Waals surface area contributed by atoms with Crippen molar-refractivity contribution in [1.29, 1.82) is 0 Å². The van der Waals surface area contributed by atoms with Gasteiger partial charge in [-0.05, 0) is 66.7 Å². The molecule has 0 aliphatic heterocycles. The molecule has 31 heavy (non-hydrogen) atoms. The van der Waals surface area contributed by atoms with Gasteiger partial charge in [0.15, 0.2) is 0 Å². The molecule has 1 heterocycles. The molecule has 4 aromatic rings. The van der Waals surface area contributed by atoms with Crippen molar-refractivity contribution < 1.29 is 18.7 Å². The van der Waals surface area contributed by atoms with Gasteiger partial charge in [-0.2, -0.15) is 5.10 Å². The lowest BCUT2D eigenvalue weighted by Crippen LogP contribution is -2.12. The highest BCUT2D eigenvalue weighted by atomic mass is 35.5. The van der Waals surface area contributed by atoms with Crippen LogP contribution in [0, 0.1) is 5.82 Å². The van der Waals surface area contributed by atoms with E-state index in [2.05, 4.69) is 5.10 Å². The fourth-order valence-corrected chi connectivity index (χ4v) is 3.22. The van der Waals surface area contributed by atoms with Crippen molar-refractivity contribution in [3.05, 3.63) is 101 Å². The molecule has 0 atom stereocenters. The van der Waals surface area contributed by atoms with Gasteiger partial charge in [-0.1, -0.05) is 17.7 Å². The Bertz CT molecular complexity index is 1180. The Hall–Kier alpha value is -3.64. The van der Waals surface area contributed by atoms with Crippen molar-refractivity contribution in [3.63, 3.8) is 0 Å². The van der Waals surface area contributed by atoms with E-state index in [1.54, 1.807) is 67.9 Å². The first-order valence-corrected chi connectivity index (χ1v) is 9.83. The molecule has 0 aliphatic carbocycles. The monoisotopic (exact) mass is 436 g/mol. The molecular weight excluding hydrogens is 419 g/mol. The molecule has 156 valence electrons. The van der Waals surface area contributed by atoms with Crippen molar-refractivity contribution in [3.8, 4) is 22.8 Å². The van der Waals surface area contributed by atoms with E-state index < -0.39 is 5.82 Å². The van der Waals surface area contributed by atoms with Crippen LogP contribution < -0.4 is 9.47 Å². The van der Waals surface area contributed by atoms with E-state index in [1.165, 1.54) is 10.7 Å². The number of aromatic nitrogens is 2. The molecule has 0 saturated carbocycles. The molecule has 3 aromatic carbocycles. The lowest BCUT2D eigenvalue weighted by Gasteiger charge is -2.09. The minimum atomic E-state index is -0.406. The lowest BCUT2D eigenvalue weighted by molar-refractivity contribution is 0.0945. The van der Waals surface area contributed by atoms with Gasteiger partial charge in [-0.25, -0.2) is 9.07 Å². The first-order chi connectivity index (χ1) is 15.0. The summed E-state index contributed by atoms with van der Waals surface area (Å²) in [5, 5.41) is 4.70. The van der Waals surface area contributed by atoms with Gasteiger partial charge in [0.2, 0.25) is 0 Å². The predicted octanol–water partition coefficient (Wildman–Crippen LogP) is 5.62. The van der Waals surface area contributed by atoms with Gasteiger partial charge < -0.3 is 9.47 Å². The highest BCUT2D eigenvalue weighted by molar-refractivity contribution is 6.31. The maximum Gasteiger partial charge on any atom is 0.278 e. The van der Waals surface area contributed by atoms with Gasteiger partial charge >= 0.3 is 0 Å². The molecule has 7 heteroatoms.